The van der Waals surface area contributed by atoms with Gasteiger partial charge >= 0.3 is 0 Å². The number of aryl methyl sites for hydroxylation is 1. The first-order valence-corrected chi connectivity index (χ1v) is 15.0. The summed E-state index contributed by atoms with van der Waals surface area (Å²) in [6, 6.07) is 21.9. The van der Waals surface area contributed by atoms with Crippen LogP contribution in [0.5, 0.6) is 11.5 Å². The molecule has 7 heteroatoms. The third-order valence-electron chi connectivity index (χ3n) is 8.70. The van der Waals surface area contributed by atoms with E-state index in [4.69, 9.17) is 9.47 Å². The Kier molecular flexibility index (Phi) is 8.90. The molecule has 2 atom stereocenters. The van der Waals surface area contributed by atoms with Gasteiger partial charge in [-0.05, 0) is 87.1 Å². The number of hydrogen-bond acceptors (Lipinski definition) is 6. The van der Waals surface area contributed by atoms with Gasteiger partial charge in [0.1, 0.15) is 0 Å². The number of amides is 1. The van der Waals surface area contributed by atoms with Gasteiger partial charge in [-0.3, -0.25) is 9.59 Å². The van der Waals surface area contributed by atoms with Crippen molar-refractivity contribution in [2.24, 2.45) is 0 Å². The normalized spacial score (nSPS) is 18.1. The number of allylic oxidation sites excluding steroid dienone is 3. The molecule has 0 radical (unpaired) electrons. The summed E-state index contributed by atoms with van der Waals surface area (Å²) in [6.07, 6.45) is 0.990. The predicted molar refractivity (Wildman–Crippen MR) is 172 cm³/mol. The van der Waals surface area contributed by atoms with Crippen molar-refractivity contribution < 1.29 is 19.1 Å². The van der Waals surface area contributed by atoms with Crippen LogP contribution in [-0.4, -0.2) is 39.0 Å². The lowest BCUT2D eigenvalue weighted by Gasteiger charge is -2.37. The van der Waals surface area contributed by atoms with Gasteiger partial charge in [-0.1, -0.05) is 36.4 Å². The minimum absolute atomic E-state index is 0.0283. The van der Waals surface area contributed by atoms with Gasteiger partial charge in [0.2, 0.25) is 0 Å². The van der Waals surface area contributed by atoms with Gasteiger partial charge in [0.25, 0.3) is 5.91 Å². The molecule has 0 saturated heterocycles. The summed E-state index contributed by atoms with van der Waals surface area (Å²) >= 11 is 0. The van der Waals surface area contributed by atoms with E-state index in [2.05, 4.69) is 53.6 Å². The average molecular weight is 580 g/mol. The predicted octanol–water partition coefficient (Wildman–Crippen LogP) is 6.86. The Hall–Kier alpha value is -4.52. The quantitative estimate of drug-likeness (QED) is 0.288. The van der Waals surface area contributed by atoms with Crippen LogP contribution in [0.3, 0.4) is 0 Å². The molecule has 224 valence electrons. The zero-order chi connectivity index (χ0) is 30.7. The van der Waals surface area contributed by atoms with Crippen LogP contribution in [0.15, 0.2) is 89.3 Å². The monoisotopic (exact) mass is 579 g/mol. The number of dihydropyridines is 1. The second-order valence-corrected chi connectivity index (χ2v) is 11.2. The first-order chi connectivity index (χ1) is 20.8. The lowest BCUT2D eigenvalue weighted by molar-refractivity contribution is -0.116. The number of para-hydroxylation sites is 1. The van der Waals surface area contributed by atoms with Crippen molar-refractivity contribution in [2.45, 2.75) is 52.4 Å². The van der Waals surface area contributed by atoms with E-state index < -0.39 is 5.92 Å². The van der Waals surface area contributed by atoms with Gasteiger partial charge < -0.3 is 25.0 Å². The van der Waals surface area contributed by atoms with Crippen molar-refractivity contribution in [3.63, 3.8) is 0 Å². The Morgan fingerprint density at radius 3 is 2.23 bits per heavy atom. The number of ketones is 1. The number of methoxy groups -OCH3 is 2. The molecule has 1 heterocycles. The van der Waals surface area contributed by atoms with Gasteiger partial charge in [-0.2, -0.15) is 0 Å². The molecular weight excluding hydrogens is 538 g/mol. The molecule has 5 rings (SSSR count). The molecule has 1 aliphatic heterocycles. The molecule has 0 spiro atoms. The second-order valence-electron chi connectivity index (χ2n) is 11.2. The highest BCUT2D eigenvalue weighted by molar-refractivity contribution is 6.10. The van der Waals surface area contributed by atoms with E-state index in [0.29, 0.717) is 35.5 Å². The summed E-state index contributed by atoms with van der Waals surface area (Å²) in [6.45, 7) is 9.97. The summed E-state index contributed by atoms with van der Waals surface area (Å²) < 4.78 is 11.0. The number of hydrogen-bond donors (Lipinski definition) is 2. The highest BCUT2D eigenvalue weighted by atomic mass is 16.5. The van der Waals surface area contributed by atoms with E-state index in [1.165, 1.54) is 0 Å². The molecule has 0 fully saturated rings. The fraction of sp³-hybridized carbons (Fsp3) is 0.333. The van der Waals surface area contributed by atoms with E-state index in [-0.39, 0.29) is 17.6 Å². The summed E-state index contributed by atoms with van der Waals surface area (Å²) in [7, 11) is 3.23. The van der Waals surface area contributed by atoms with Crippen LogP contribution in [0.2, 0.25) is 0 Å². The molecule has 0 aromatic heterocycles. The summed E-state index contributed by atoms with van der Waals surface area (Å²) in [5.74, 6) is 0.615. The van der Waals surface area contributed by atoms with Gasteiger partial charge in [-0.15, -0.1) is 0 Å². The fourth-order valence-corrected chi connectivity index (χ4v) is 6.38. The first kappa shape index (κ1) is 30.0. The number of anilines is 2. The van der Waals surface area contributed by atoms with Crippen molar-refractivity contribution in [1.29, 1.82) is 0 Å². The topological polar surface area (TPSA) is 79.9 Å². The summed E-state index contributed by atoms with van der Waals surface area (Å²) in [4.78, 5) is 30.4. The maximum Gasteiger partial charge on any atom is 0.254 e. The molecule has 3 aromatic rings. The lowest BCUT2D eigenvalue weighted by Crippen LogP contribution is -2.37. The van der Waals surface area contributed by atoms with Crippen LogP contribution in [-0.2, 0) is 9.59 Å². The number of nitrogens with zero attached hydrogens (tertiary/aromatic N) is 1. The number of nitrogens with one attached hydrogen (secondary N) is 2. The number of Topliss-reactive ketones (excluding diaryl/α,β-unsaturated/α-hetero) is 1. The van der Waals surface area contributed by atoms with Crippen molar-refractivity contribution in [2.75, 3.05) is 37.5 Å². The van der Waals surface area contributed by atoms with E-state index in [9.17, 15) is 9.59 Å². The second kappa shape index (κ2) is 12.8. The summed E-state index contributed by atoms with van der Waals surface area (Å²) in [5.41, 5.74) is 7.66. The molecule has 0 saturated carbocycles. The molecule has 0 unspecified atom stereocenters. The summed E-state index contributed by atoms with van der Waals surface area (Å²) in [5, 5.41) is 6.61. The number of carbonyl (C=O) groups is 2. The zero-order valence-electron chi connectivity index (χ0n) is 25.9. The standard InChI is InChI=1S/C36H41N3O4/c1-7-39(8-2)27-16-13-24(14-17-27)34-33(36(41)38-28-12-10-9-11-22(28)3)23(4)37-29-19-26(20-30(40)35(29)34)25-15-18-31(42-5)32(21-25)43-6/h9-18,21,26,34,37H,7-8,19-20H2,1-6H3,(H,38,41)/t26-,34-/m0/s1. The van der Waals surface area contributed by atoms with Gasteiger partial charge in [0.15, 0.2) is 17.3 Å². The van der Waals surface area contributed by atoms with Crippen LogP contribution < -0.4 is 25.0 Å². The Labute approximate surface area is 254 Å². The molecule has 7 nitrogen and oxygen atoms in total. The minimum atomic E-state index is -0.482. The Balaban J connectivity index is 1.56. The van der Waals surface area contributed by atoms with Gasteiger partial charge in [0.05, 0.1) is 14.2 Å². The van der Waals surface area contributed by atoms with Crippen molar-refractivity contribution in [3.8, 4) is 11.5 Å². The highest BCUT2D eigenvalue weighted by Crippen LogP contribution is 2.46. The third kappa shape index (κ3) is 5.89. The molecule has 0 bridgehead atoms. The Morgan fingerprint density at radius 1 is 0.907 bits per heavy atom. The van der Waals surface area contributed by atoms with Crippen LogP contribution in [0.4, 0.5) is 11.4 Å². The van der Waals surface area contributed by atoms with Crippen molar-refractivity contribution in [1.82, 2.24) is 5.32 Å². The SMILES string of the molecule is CCN(CC)c1ccc([C@H]2C(C(=O)Nc3ccccc3C)=C(C)NC3=C2C(=O)C[C@@H](c2ccc(OC)c(OC)c2)C3)cc1. The average Bonchev–Trinajstić information content (AvgIpc) is 3.02. The molecule has 2 N–H and O–H groups in total. The van der Waals surface area contributed by atoms with Crippen LogP contribution in [0, 0.1) is 6.92 Å². The molecule has 1 amide bonds. The molecular formula is C36H41N3O4. The van der Waals surface area contributed by atoms with Crippen LogP contribution in [0.1, 0.15) is 62.1 Å². The van der Waals surface area contributed by atoms with Gasteiger partial charge in [0, 0.05) is 59.3 Å². The van der Waals surface area contributed by atoms with E-state index in [1.54, 1.807) is 14.2 Å². The van der Waals surface area contributed by atoms with Crippen LogP contribution in [0.25, 0.3) is 0 Å². The lowest BCUT2D eigenvalue weighted by atomic mass is 9.71. The zero-order valence-corrected chi connectivity index (χ0v) is 25.9. The van der Waals surface area contributed by atoms with Crippen molar-refractivity contribution >= 4 is 23.1 Å². The smallest absolute Gasteiger partial charge is 0.254 e. The molecule has 3 aromatic carbocycles. The largest absolute Gasteiger partial charge is 0.493 e. The number of rotatable bonds is 9. The maximum atomic E-state index is 14.1. The Bertz CT molecular complexity index is 1580. The molecule has 1 aliphatic carbocycles. The van der Waals surface area contributed by atoms with E-state index >= 15 is 0 Å². The third-order valence-corrected chi connectivity index (χ3v) is 8.70. The van der Waals surface area contributed by atoms with Crippen LogP contribution >= 0.6 is 0 Å². The number of benzene rings is 3. The van der Waals surface area contributed by atoms with Crippen molar-refractivity contribution in [3.05, 3.63) is 106 Å². The fourth-order valence-electron chi connectivity index (χ4n) is 6.38. The number of ether oxygens (including phenoxy) is 2. The minimum Gasteiger partial charge on any atom is -0.493 e. The Morgan fingerprint density at radius 2 is 1.58 bits per heavy atom. The maximum absolute atomic E-state index is 14.1. The highest BCUT2D eigenvalue weighted by Gasteiger charge is 2.41. The van der Waals surface area contributed by atoms with E-state index in [0.717, 1.165) is 52.5 Å². The molecule has 43 heavy (non-hydrogen) atoms. The number of carbonyl (C=O) groups excluding carboxylic acids is 2. The first-order valence-electron chi connectivity index (χ1n) is 15.0. The molecule has 2 aliphatic rings. The van der Waals surface area contributed by atoms with E-state index in [1.807, 2.05) is 56.3 Å². The van der Waals surface area contributed by atoms with Gasteiger partial charge in [-0.25, -0.2) is 0 Å².